The van der Waals surface area contributed by atoms with E-state index in [2.05, 4.69) is 17.2 Å². The van der Waals surface area contributed by atoms with Crippen LogP contribution in [-0.4, -0.2) is 65.5 Å². The number of urea groups is 1. The molecule has 3 rings (SSSR count). The number of nitrogens with zero attached hydrogens (tertiary/aromatic N) is 2. The van der Waals surface area contributed by atoms with Crippen molar-refractivity contribution in [2.75, 3.05) is 19.6 Å². The second-order valence-electron chi connectivity index (χ2n) is 7.67. The lowest BCUT2D eigenvalue weighted by molar-refractivity contribution is -0.129. The van der Waals surface area contributed by atoms with E-state index in [9.17, 15) is 18.8 Å². The van der Waals surface area contributed by atoms with Gasteiger partial charge in [0.05, 0.1) is 0 Å². The first-order chi connectivity index (χ1) is 14.4. The van der Waals surface area contributed by atoms with Gasteiger partial charge in [0, 0.05) is 37.3 Å². The van der Waals surface area contributed by atoms with Crippen LogP contribution in [0.5, 0.6) is 0 Å². The number of nitrogens with two attached hydrogens (primary N) is 1. The van der Waals surface area contributed by atoms with Crippen molar-refractivity contribution >= 4 is 17.8 Å². The van der Waals surface area contributed by atoms with Crippen LogP contribution in [0.15, 0.2) is 36.9 Å². The molecule has 1 aromatic rings. The summed E-state index contributed by atoms with van der Waals surface area (Å²) >= 11 is 0. The molecule has 8 nitrogen and oxygen atoms in total. The van der Waals surface area contributed by atoms with E-state index in [1.165, 1.54) is 34.1 Å². The number of carbonyl (C=O) groups excluding carboxylic acids is 3. The standard InChI is InChI=1S/C21H28FN5O3/c1-2-10-24-21(30)27-12-11-26(20(29)14-4-3-5-15(22)13-14)19(27)18(28)25-17-8-6-16(23)7-9-17/h2-5,13,16-17,19H,1,6-12,23H2,(H,24,30)(H,25,28). The van der Waals surface area contributed by atoms with Gasteiger partial charge < -0.3 is 21.3 Å². The van der Waals surface area contributed by atoms with Crippen molar-refractivity contribution in [3.05, 3.63) is 48.3 Å². The number of hydrogen-bond donors (Lipinski definition) is 3. The molecule has 4 amide bonds. The monoisotopic (exact) mass is 417 g/mol. The van der Waals surface area contributed by atoms with Crippen molar-refractivity contribution in [3.63, 3.8) is 0 Å². The van der Waals surface area contributed by atoms with Gasteiger partial charge in [0.1, 0.15) is 5.82 Å². The minimum Gasteiger partial charge on any atom is -0.350 e. The summed E-state index contributed by atoms with van der Waals surface area (Å²) in [5, 5.41) is 5.62. The molecule has 2 aliphatic rings. The molecular weight excluding hydrogens is 389 g/mol. The minimum atomic E-state index is -1.11. The van der Waals surface area contributed by atoms with Crippen LogP contribution in [0.4, 0.5) is 9.18 Å². The summed E-state index contributed by atoms with van der Waals surface area (Å²) < 4.78 is 13.6. The normalized spacial score (nSPS) is 23.7. The average molecular weight is 417 g/mol. The maximum atomic E-state index is 13.6. The third-order valence-corrected chi connectivity index (χ3v) is 5.52. The van der Waals surface area contributed by atoms with Gasteiger partial charge in [0.25, 0.3) is 11.8 Å². The predicted molar refractivity (Wildman–Crippen MR) is 110 cm³/mol. The molecule has 1 heterocycles. The minimum absolute atomic E-state index is 0.0536. The fraction of sp³-hybridized carbons (Fsp3) is 0.476. The molecule has 1 unspecified atom stereocenters. The van der Waals surface area contributed by atoms with Crippen molar-refractivity contribution in [2.45, 2.75) is 43.9 Å². The lowest BCUT2D eigenvalue weighted by Crippen LogP contribution is -2.57. The highest BCUT2D eigenvalue weighted by molar-refractivity contribution is 5.99. The van der Waals surface area contributed by atoms with E-state index in [-0.39, 0.29) is 37.3 Å². The molecule has 0 aromatic heterocycles. The van der Waals surface area contributed by atoms with Gasteiger partial charge in [-0.3, -0.25) is 14.5 Å². The van der Waals surface area contributed by atoms with Crippen LogP contribution in [0.2, 0.25) is 0 Å². The second-order valence-corrected chi connectivity index (χ2v) is 7.67. The molecule has 0 bridgehead atoms. The maximum absolute atomic E-state index is 13.6. The Labute approximate surface area is 175 Å². The van der Waals surface area contributed by atoms with E-state index in [1.807, 2.05) is 0 Å². The first kappa shape index (κ1) is 21.8. The molecule has 0 radical (unpaired) electrons. The zero-order valence-electron chi connectivity index (χ0n) is 16.9. The Morgan fingerprint density at radius 3 is 2.53 bits per heavy atom. The summed E-state index contributed by atoms with van der Waals surface area (Å²) in [6.45, 7) is 4.17. The van der Waals surface area contributed by atoms with Crippen LogP contribution in [0.3, 0.4) is 0 Å². The van der Waals surface area contributed by atoms with Gasteiger partial charge >= 0.3 is 6.03 Å². The Kier molecular flexibility index (Phi) is 7.04. The molecule has 1 saturated carbocycles. The van der Waals surface area contributed by atoms with E-state index in [0.29, 0.717) is 0 Å². The SMILES string of the molecule is C=CCNC(=O)N1CCN(C(=O)c2cccc(F)c2)C1C(=O)NC1CCC(N)CC1. The van der Waals surface area contributed by atoms with Gasteiger partial charge in [-0.15, -0.1) is 6.58 Å². The topological polar surface area (TPSA) is 108 Å². The highest BCUT2D eigenvalue weighted by Gasteiger charge is 2.43. The quantitative estimate of drug-likeness (QED) is 0.626. The molecular formula is C21H28FN5O3. The Balaban J connectivity index is 1.80. The van der Waals surface area contributed by atoms with Gasteiger partial charge in [-0.1, -0.05) is 12.1 Å². The molecule has 162 valence electrons. The summed E-state index contributed by atoms with van der Waals surface area (Å²) in [7, 11) is 0. The number of hydrogen-bond acceptors (Lipinski definition) is 4. The zero-order valence-corrected chi connectivity index (χ0v) is 16.9. The van der Waals surface area contributed by atoms with Crippen LogP contribution in [-0.2, 0) is 4.79 Å². The van der Waals surface area contributed by atoms with Crippen molar-refractivity contribution in [1.82, 2.24) is 20.4 Å². The van der Waals surface area contributed by atoms with Crippen molar-refractivity contribution in [3.8, 4) is 0 Å². The molecule has 1 saturated heterocycles. The summed E-state index contributed by atoms with van der Waals surface area (Å²) in [5.74, 6) is -1.47. The molecule has 1 aromatic carbocycles. The Morgan fingerprint density at radius 2 is 1.87 bits per heavy atom. The van der Waals surface area contributed by atoms with Crippen LogP contribution >= 0.6 is 0 Å². The molecule has 2 fully saturated rings. The van der Waals surface area contributed by atoms with E-state index < -0.39 is 29.8 Å². The van der Waals surface area contributed by atoms with Crippen LogP contribution in [0, 0.1) is 5.82 Å². The third kappa shape index (κ3) is 4.96. The Hall–Kier alpha value is -2.94. The first-order valence-electron chi connectivity index (χ1n) is 10.2. The first-order valence-corrected chi connectivity index (χ1v) is 10.2. The largest absolute Gasteiger partial charge is 0.350 e. The number of rotatable bonds is 5. The van der Waals surface area contributed by atoms with Crippen LogP contribution in [0.1, 0.15) is 36.0 Å². The van der Waals surface area contributed by atoms with E-state index in [0.717, 1.165) is 31.7 Å². The van der Waals surface area contributed by atoms with Gasteiger partial charge in [-0.05, 0) is 43.9 Å². The summed E-state index contributed by atoms with van der Waals surface area (Å²) in [6.07, 6.45) is 3.54. The molecule has 1 aliphatic carbocycles. The molecule has 4 N–H and O–H groups in total. The van der Waals surface area contributed by atoms with E-state index in [4.69, 9.17) is 5.73 Å². The number of amides is 4. The van der Waals surface area contributed by atoms with Crippen LogP contribution < -0.4 is 16.4 Å². The zero-order chi connectivity index (χ0) is 21.7. The van der Waals surface area contributed by atoms with Crippen molar-refractivity contribution in [2.24, 2.45) is 5.73 Å². The Morgan fingerprint density at radius 1 is 1.17 bits per heavy atom. The summed E-state index contributed by atoms with van der Waals surface area (Å²) in [6, 6.07) is 4.92. The third-order valence-electron chi connectivity index (χ3n) is 5.52. The maximum Gasteiger partial charge on any atom is 0.319 e. The van der Waals surface area contributed by atoms with Crippen molar-refractivity contribution < 1.29 is 18.8 Å². The van der Waals surface area contributed by atoms with Gasteiger partial charge in [0.15, 0.2) is 6.17 Å². The van der Waals surface area contributed by atoms with Gasteiger partial charge in [-0.25, -0.2) is 9.18 Å². The molecule has 9 heteroatoms. The second kappa shape index (κ2) is 9.71. The molecule has 1 aliphatic heterocycles. The summed E-state index contributed by atoms with van der Waals surface area (Å²) in [5.41, 5.74) is 6.06. The fourth-order valence-corrected chi connectivity index (χ4v) is 3.92. The lowest BCUT2D eigenvalue weighted by atomic mass is 9.92. The fourth-order valence-electron chi connectivity index (χ4n) is 3.92. The van der Waals surface area contributed by atoms with Gasteiger partial charge in [-0.2, -0.15) is 0 Å². The highest BCUT2D eigenvalue weighted by Crippen LogP contribution is 2.22. The number of benzene rings is 1. The van der Waals surface area contributed by atoms with Crippen LogP contribution in [0.25, 0.3) is 0 Å². The van der Waals surface area contributed by atoms with E-state index in [1.54, 1.807) is 0 Å². The Bertz CT molecular complexity index is 810. The smallest absolute Gasteiger partial charge is 0.319 e. The van der Waals surface area contributed by atoms with Gasteiger partial charge in [0.2, 0.25) is 0 Å². The molecule has 0 spiro atoms. The summed E-state index contributed by atoms with van der Waals surface area (Å²) in [4.78, 5) is 41.4. The lowest BCUT2D eigenvalue weighted by Gasteiger charge is -2.32. The molecule has 1 atom stereocenters. The number of halogens is 1. The number of nitrogens with one attached hydrogen (secondary N) is 2. The molecule has 30 heavy (non-hydrogen) atoms. The highest BCUT2D eigenvalue weighted by atomic mass is 19.1. The van der Waals surface area contributed by atoms with E-state index >= 15 is 0 Å². The predicted octanol–water partition coefficient (Wildman–Crippen LogP) is 1.19. The average Bonchev–Trinajstić information content (AvgIpc) is 3.18. The van der Waals surface area contributed by atoms with Crippen molar-refractivity contribution in [1.29, 1.82) is 0 Å². The number of carbonyl (C=O) groups is 3.